The number of hydrogen-bond acceptors (Lipinski definition) is 4. The van der Waals surface area contributed by atoms with E-state index in [4.69, 9.17) is 15.9 Å². The number of carboxylic acids is 1. The molecular formula is C13H24N2O4. The Hall–Kier alpha value is -1.14. The smallest absolute Gasteiger partial charge is 0.334 e. The zero-order valence-corrected chi connectivity index (χ0v) is 11.7. The fourth-order valence-corrected chi connectivity index (χ4v) is 2.73. The van der Waals surface area contributed by atoms with E-state index in [0.717, 1.165) is 6.42 Å². The first-order valence-corrected chi connectivity index (χ1v) is 6.62. The highest BCUT2D eigenvalue weighted by Gasteiger charge is 2.44. The number of rotatable bonds is 4. The average Bonchev–Trinajstić information content (AvgIpc) is 2.32. The molecule has 0 bridgehead atoms. The summed E-state index contributed by atoms with van der Waals surface area (Å²) in [6.45, 7) is 5.79. The van der Waals surface area contributed by atoms with Crippen LogP contribution in [0.5, 0.6) is 0 Å². The molecule has 1 aliphatic carbocycles. The van der Waals surface area contributed by atoms with Gasteiger partial charge in [-0.05, 0) is 24.2 Å². The van der Waals surface area contributed by atoms with Crippen LogP contribution in [-0.2, 0) is 9.59 Å². The first-order valence-electron chi connectivity index (χ1n) is 6.62. The van der Waals surface area contributed by atoms with Crippen LogP contribution in [-0.4, -0.2) is 40.8 Å². The van der Waals surface area contributed by atoms with E-state index >= 15 is 0 Å². The second-order valence-electron chi connectivity index (χ2n) is 6.00. The lowest BCUT2D eigenvalue weighted by molar-refractivity contribution is -0.146. The Kier molecular flexibility index (Phi) is 4.92. The molecule has 110 valence electrons. The maximum absolute atomic E-state index is 12.1. The molecule has 1 fully saturated rings. The minimum absolute atomic E-state index is 0.0867. The highest BCUT2D eigenvalue weighted by Crippen LogP contribution is 2.44. The number of nitrogens with two attached hydrogens (primary N) is 1. The number of amides is 1. The van der Waals surface area contributed by atoms with Gasteiger partial charge in [0.05, 0.1) is 6.54 Å². The van der Waals surface area contributed by atoms with E-state index in [1.807, 2.05) is 20.8 Å². The lowest BCUT2D eigenvalue weighted by Gasteiger charge is -2.46. The number of carbonyl (C=O) groups excluding carboxylic acids is 1. The van der Waals surface area contributed by atoms with Crippen LogP contribution in [0.25, 0.3) is 0 Å². The quantitative estimate of drug-likeness (QED) is 0.573. The first-order chi connectivity index (χ1) is 8.67. The van der Waals surface area contributed by atoms with Crippen LogP contribution in [0.1, 0.15) is 33.6 Å². The molecule has 5 N–H and O–H groups in total. The van der Waals surface area contributed by atoms with E-state index in [-0.39, 0.29) is 35.7 Å². The molecule has 0 radical (unpaired) electrons. The fourth-order valence-electron chi connectivity index (χ4n) is 2.73. The van der Waals surface area contributed by atoms with Gasteiger partial charge in [-0.3, -0.25) is 4.79 Å². The van der Waals surface area contributed by atoms with Crippen LogP contribution < -0.4 is 11.1 Å². The van der Waals surface area contributed by atoms with Crippen molar-refractivity contribution in [3.8, 4) is 0 Å². The molecule has 19 heavy (non-hydrogen) atoms. The van der Waals surface area contributed by atoms with Crippen LogP contribution in [0, 0.1) is 17.3 Å². The largest absolute Gasteiger partial charge is 0.479 e. The number of carboxylic acid groups (broad SMARTS) is 1. The van der Waals surface area contributed by atoms with Gasteiger partial charge in [0, 0.05) is 12.0 Å². The van der Waals surface area contributed by atoms with Gasteiger partial charge < -0.3 is 21.3 Å². The van der Waals surface area contributed by atoms with Gasteiger partial charge in [-0.15, -0.1) is 0 Å². The predicted molar refractivity (Wildman–Crippen MR) is 70.3 cm³/mol. The number of aliphatic hydroxyl groups is 1. The zero-order valence-electron chi connectivity index (χ0n) is 11.7. The Balaban J connectivity index is 2.64. The molecule has 1 rings (SSSR count). The van der Waals surface area contributed by atoms with Crippen LogP contribution in [0.15, 0.2) is 0 Å². The number of hydrogen-bond donors (Lipinski definition) is 4. The van der Waals surface area contributed by atoms with E-state index in [0.29, 0.717) is 6.42 Å². The van der Waals surface area contributed by atoms with Gasteiger partial charge in [-0.1, -0.05) is 20.8 Å². The van der Waals surface area contributed by atoms with Gasteiger partial charge >= 0.3 is 5.97 Å². The summed E-state index contributed by atoms with van der Waals surface area (Å²) in [4.78, 5) is 22.6. The molecule has 0 spiro atoms. The standard InChI is InChI=1S/C13H24N2O4/c1-7-9(14)5-4-8(13(7,2)3)11(17)15-6-10(16)12(18)19/h7-10,16H,4-6,14H2,1-3H3,(H,15,17)(H,18,19)/t7?,8?,9?,10-/m0/s1. The molecule has 0 saturated heterocycles. The van der Waals surface area contributed by atoms with Gasteiger partial charge in [0.1, 0.15) is 0 Å². The van der Waals surface area contributed by atoms with Gasteiger partial charge in [-0.25, -0.2) is 4.79 Å². The van der Waals surface area contributed by atoms with Crippen LogP contribution in [0.2, 0.25) is 0 Å². The van der Waals surface area contributed by atoms with Gasteiger partial charge in [0.25, 0.3) is 0 Å². The summed E-state index contributed by atoms with van der Waals surface area (Å²) in [5.74, 6) is -1.53. The molecule has 0 aliphatic heterocycles. The van der Waals surface area contributed by atoms with Crippen molar-refractivity contribution in [2.75, 3.05) is 6.54 Å². The van der Waals surface area contributed by atoms with Gasteiger partial charge in [0.2, 0.25) is 5.91 Å². The van der Waals surface area contributed by atoms with E-state index in [9.17, 15) is 9.59 Å². The number of aliphatic hydroxyl groups excluding tert-OH is 1. The van der Waals surface area contributed by atoms with Crippen molar-refractivity contribution in [1.82, 2.24) is 5.32 Å². The minimum Gasteiger partial charge on any atom is -0.479 e. The summed E-state index contributed by atoms with van der Waals surface area (Å²) in [5, 5.41) is 20.2. The molecule has 0 aromatic heterocycles. The first kappa shape index (κ1) is 15.9. The van der Waals surface area contributed by atoms with Crippen molar-refractivity contribution in [3.63, 3.8) is 0 Å². The highest BCUT2D eigenvalue weighted by atomic mass is 16.4. The van der Waals surface area contributed by atoms with Gasteiger partial charge in [0.15, 0.2) is 6.10 Å². The van der Waals surface area contributed by atoms with Crippen molar-refractivity contribution in [2.24, 2.45) is 23.0 Å². The second-order valence-corrected chi connectivity index (χ2v) is 6.00. The highest BCUT2D eigenvalue weighted by molar-refractivity contribution is 5.80. The third-order valence-corrected chi connectivity index (χ3v) is 4.57. The van der Waals surface area contributed by atoms with Crippen LogP contribution in [0.3, 0.4) is 0 Å². The summed E-state index contributed by atoms with van der Waals surface area (Å²) < 4.78 is 0. The Morgan fingerprint density at radius 1 is 1.42 bits per heavy atom. The zero-order chi connectivity index (χ0) is 14.8. The molecule has 0 aromatic rings. The van der Waals surface area contributed by atoms with Crippen molar-refractivity contribution in [2.45, 2.75) is 45.8 Å². The third-order valence-electron chi connectivity index (χ3n) is 4.57. The van der Waals surface area contributed by atoms with E-state index in [1.165, 1.54) is 0 Å². The lowest BCUT2D eigenvalue weighted by atomic mass is 9.61. The summed E-state index contributed by atoms with van der Waals surface area (Å²) in [5.41, 5.74) is 5.79. The monoisotopic (exact) mass is 272 g/mol. The van der Waals surface area contributed by atoms with Crippen molar-refractivity contribution in [3.05, 3.63) is 0 Å². The number of nitrogens with one attached hydrogen (secondary N) is 1. The Labute approximate surface area is 113 Å². The molecule has 3 unspecified atom stereocenters. The lowest BCUT2D eigenvalue weighted by Crippen LogP contribution is -2.52. The van der Waals surface area contributed by atoms with E-state index in [2.05, 4.69) is 5.32 Å². The molecule has 6 heteroatoms. The predicted octanol–water partition coefficient (Wildman–Crippen LogP) is -0.0523. The Morgan fingerprint density at radius 3 is 2.53 bits per heavy atom. The number of carbonyl (C=O) groups is 2. The molecular weight excluding hydrogens is 248 g/mol. The normalized spacial score (nSPS) is 31.5. The molecule has 0 aromatic carbocycles. The summed E-state index contributed by atoms with van der Waals surface area (Å²) >= 11 is 0. The average molecular weight is 272 g/mol. The SMILES string of the molecule is CC1C(N)CCC(C(=O)NC[C@H](O)C(=O)O)C1(C)C. The third kappa shape index (κ3) is 3.45. The molecule has 4 atom stereocenters. The molecule has 0 heterocycles. The molecule has 1 aliphatic rings. The summed E-state index contributed by atoms with van der Waals surface area (Å²) in [6.07, 6.45) is -0.0900. The van der Waals surface area contributed by atoms with Crippen molar-refractivity contribution in [1.29, 1.82) is 0 Å². The maximum Gasteiger partial charge on any atom is 0.334 e. The van der Waals surface area contributed by atoms with Crippen molar-refractivity contribution >= 4 is 11.9 Å². The topological polar surface area (TPSA) is 113 Å². The van der Waals surface area contributed by atoms with Crippen LogP contribution in [0.4, 0.5) is 0 Å². The molecule has 1 amide bonds. The molecule has 1 saturated carbocycles. The van der Waals surface area contributed by atoms with E-state index < -0.39 is 12.1 Å². The van der Waals surface area contributed by atoms with Crippen LogP contribution >= 0.6 is 0 Å². The molecule has 6 nitrogen and oxygen atoms in total. The second kappa shape index (κ2) is 5.88. The summed E-state index contributed by atoms with van der Waals surface area (Å²) in [7, 11) is 0. The minimum atomic E-state index is -1.56. The Morgan fingerprint density at radius 2 is 2.00 bits per heavy atom. The Bertz CT molecular complexity index is 357. The van der Waals surface area contributed by atoms with E-state index in [1.54, 1.807) is 0 Å². The van der Waals surface area contributed by atoms with Crippen molar-refractivity contribution < 1.29 is 19.8 Å². The van der Waals surface area contributed by atoms with Gasteiger partial charge in [-0.2, -0.15) is 0 Å². The number of aliphatic carboxylic acids is 1. The fraction of sp³-hybridized carbons (Fsp3) is 0.846. The summed E-state index contributed by atoms with van der Waals surface area (Å²) in [6, 6.07) is 0.0867. The maximum atomic E-state index is 12.1.